The summed E-state index contributed by atoms with van der Waals surface area (Å²) in [6.45, 7) is 1.78. The lowest BCUT2D eigenvalue weighted by Gasteiger charge is -2.11. The molecule has 1 aromatic carbocycles. The first-order valence-corrected chi connectivity index (χ1v) is 4.64. The van der Waals surface area contributed by atoms with Gasteiger partial charge < -0.3 is 15.6 Å². The first-order chi connectivity index (χ1) is 6.49. The summed E-state index contributed by atoms with van der Waals surface area (Å²) < 4.78 is 5.45. The highest BCUT2D eigenvalue weighted by molar-refractivity contribution is 9.10. The second-order valence-electron chi connectivity index (χ2n) is 2.80. The van der Waals surface area contributed by atoms with Crippen molar-refractivity contribution in [3.8, 4) is 5.75 Å². The van der Waals surface area contributed by atoms with E-state index in [2.05, 4.69) is 15.9 Å². The van der Waals surface area contributed by atoms with E-state index in [1.807, 2.05) is 0 Å². The average Bonchev–Trinajstić information content (AvgIpc) is 2.11. The molecule has 0 aliphatic rings. The van der Waals surface area contributed by atoms with E-state index in [0.717, 1.165) is 5.56 Å². The van der Waals surface area contributed by atoms with Crippen LogP contribution >= 0.6 is 15.9 Å². The van der Waals surface area contributed by atoms with Gasteiger partial charge in [0.1, 0.15) is 11.3 Å². The van der Waals surface area contributed by atoms with E-state index in [1.165, 1.54) is 7.11 Å². The van der Waals surface area contributed by atoms with Crippen molar-refractivity contribution in [2.75, 3.05) is 12.8 Å². The Bertz CT molecular complexity index is 390. The van der Waals surface area contributed by atoms with Crippen LogP contribution in [0.3, 0.4) is 0 Å². The van der Waals surface area contributed by atoms with Crippen LogP contribution in [0.5, 0.6) is 5.75 Å². The molecule has 0 fully saturated rings. The molecule has 0 heterocycles. The molecule has 0 spiro atoms. The van der Waals surface area contributed by atoms with Crippen molar-refractivity contribution < 1.29 is 14.6 Å². The number of nitrogen functional groups attached to an aromatic ring is 1. The summed E-state index contributed by atoms with van der Waals surface area (Å²) in [7, 11) is 1.45. The second-order valence-corrected chi connectivity index (χ2v) is 3.60. The number of aromatic carboxylic acids is 1. The van der Waals surface area contributed by atoms with Gasteiger partial charge in [0, 0.05) is 4.47 Å². The minimum absolute atomic E-state index is 0.0434. The van der Waals surface area contributed by atoms with Crippen molar-refractivity contribution in [2.24, 2.45) is 0 Å². The number of carboxylic acid groups (broad SMARTS) is 1. The first kappa shape index (κ1) is 10.8. The van der Waals surface area contributed by atoms with E-state index in [1.54, 1.807) is 13.0 Å². The number of methoxy groups -OCH3 is 1. The number of aryl methyl sites for hydroxylation is 1. The molecule has 0 aliphatic heterocycles. The molecular formula is C9H10BrNO3. The molecule has 0 atom stereocenters. The topological polar surface area (TPSA) is 72.5 Å². The van der Waals surface area contributed by atoms with Gasteiger partial charge in [0.05, 0.1) is 12.8 Å². The molecule has 1 rings (SSSR count). The number of halogens is 1. The van der Waals surface area contributed by atoms with Gasteiger partial charge in [-0.2, -0.15) is 0 Å². The summed E-state index contributed by atoms with van der Waals surface area (Å²) in [5.74, 6) is -0.695. The van der Waals surface area contributed by atoms with Crippen LogP contribution in [-0.4, -0.2) is 18.2 Å². The van der Waals surface area contributed by atoms with Gasteiger partial charge in [0.15, 0.2) is 0 Å². The molecule has 0 aliphatic carbocycles. The number of hydrogen-bond donors (Lipinski definition) is 2. The summed E-state index contributed by atoms with van der Waals surface area (Å²) >= 11 is 3.18. The van der Waals surface area contributed by atoms with E-state index < -0.39 is 5.97 Å². The molecule has 0 radical (unpaired) electrons. The largest absolute Gasteiger partial charge is 0.495 e. The average molecular weight is 260 g/mol. The van der Waals surface area contributed by atoms with Crippen molar-refractivity contribution >= 4 is 27.6 Å². The lowest BCUT2D eigenvalue weighted by atomic mass is 10.1. The lowest BCUT2D eigenvalue weighted by Crippen LogP contribution is -2.06. The molecule has 5 heteroatoms. The maximum atomic E-state index is 10.9. The molecule has 0 bridgehead atoms. The predicted octanol–water partition coefficient (Wildman–Crippen LogP) is 2.05. The molecule has 3 N–H and O–H groups in total. The van der Waals surface area contributed by atoms with Gasteiger partial charge >= 0.3 is 5.97 Å². The van der Waals surface area contributed by atoms with Gasteiger partial charge in [-0.3, -0.25) is 0 Å². The van der Waals surface area contributed by atoms with Crippen LogP contribution in [0.15, 0.2) is 10.5 Å². The van der Waals surface area contributed by atoms with Crippen LogP contribution in [0.4, 0.5) is 5.69 Å². The fraction of sp³-hybridized carbons (Fsp3) is 0.222. The fourth-order valence-electron chi connectivity index (χ4n) is 1.15. The van der Waals surface area contributed by atoms with Gasteiger partial charge in [0.2, 0.25) is 0 Å². The Morgan fingerprint density at radius 2 is 2.21 bits per heavy atom. The normalized spacial score (nSPS) is 9.93. The van der Waals surface area contributed by atoms with Crippen LogP contribution in [0.2, 0.25) is 0 Å². The predicted molar refractivity (Wildman–Crippen MR) is 56.8 cm³/mol. The summed E-state index contributed by atoms with van der Waals surface area (Å²) in [6, 6.07) is 1.69. The van der Waals surface area contributed by atoms with Gasteiger partial charge in [-0.05, 0) is 34.5 Å². The van der Waals surface area contributed by atoms with Crippen LogP contribution in [0.1, 0.15) is 15.9 Å². The Balaban J connectivity index is 3.53. The van der Waals surface area contributed by atoms with Crippen molar-refractivity contribution in [3.63, 3.8) is 0 Å². The summed E-state index contributed by atoms with van der Waals surface area (Å²) in [5.41, 5.74) is 6.58. The van der Waals surface area contributed by atoms with E-state index in [-0.39, 0.29) is 11.3 Å². The Labute approximate surface area is 89.8 Å². The number of hydrogen-bond acceptors (Lipinski definition) is 3. The Kier molecular flexibility index (Phi) is 3.00. The van der Waals surface area contributed by atoms with E-state index in [4.69, 9.17) is 15.6 Å². The minimum atomic E-state index is -1.07. The third-order valence-electron chi connectivity index (χ3n) is 1.88. The van der Waals surface area contributed by atoms with Crippen molar-refractivity contribution in [1.29, 1.82) is 0 Å². The van der Waals surface area contributed by atoms with Crippen LogP contribution in [0.25, 0.3) is 0 Å². The van der Waals surface area contributed by atoms with Gasteiger partial charge in [-0.25, -0.2) is 4.79 Å². The zero-order valence-electron chi connectivity index (χ0n) is 7.80. The third kappa shape index (κ3) is 1.68. The smallest absolute Gasteiger partial charge is 0.339 e. The van der Waals surface area contributed by atoms with Gasteiger partial charge in [-0.1, -0.05) is 0 Å². The molecule has 76 valence electrons. The van der Waals surface area contributed by atoms with Crippen LogP contribution in [-0.2, 0) is 0 Å². The highest BCUT2D eigenvalue weighted by Crippen LogP contribution is 2.34. The summed E-state index contributed by atoms with van der Waals surface area (Å²) in [5, 5.41) is 8.93. The SMILES string of the molecule is COc1cc(C)c(Br)c(C(=O)O)c1N. The number of ether oxygens (including phenoxy) is 1. The zero-order chi connectivity index (χ0) is 10.9. The third-order valence-corrected chi connectivity index (χ3v) is 2.90. The maximum Gasteiger partial charge on any atom is 0.339 e. The number of nitrogens with two attached hydrogens (primary N) is 1. The van der Waals surface area contributed by atoms with E-state index in [0.29, 0.717) is 10.2 Å². The van der Waals surface area contributed by atoms with Crippen molar-refractivity contribution in [3.05, 3.63) is 21.7 Å². The number of anilines is 1. The fourth-order valence-corrected chi connectivity index (χ4v) is 1.65. The lowest BCUT2D eigenvalue weighted by molar-refractivity contribution is 0.0696. The number of rotatable bonds is 2. The Morgan fingerprint density at radius 3 is 2.64 bits per heavy atom. The maximum absolute atomic E-state index is 10.9. The second kappa shape index (κ2) is 3.88. The quantitative estimate of drug-likeness (QED) is 0.798. The number of carbonyl (C=O) groups is 1. The first-order valence-electron chi connectivity index (χ1n) is 3.85. The highest BCUT2D eigenvalue weighted by Gasteiger charge is 2.18. The Hall–Kier alpha value is -1.23. The molecule has 4 nitrogen and oxygen atoms in total. The summed E-state index contributed by atoms with van der Waals surface area (Å²) in [6.07, 6.45) is 0. The zero-order valence-corrected chi connectivity index (χ0v) is 9.38. The molecule has 0 saturated carbocycles. The Morgan fingerprint density at radius 1 is 1.64 bits per heavy atom. The molecule has 0 amide bonds. The van der Waals surface area contributed by atoms with Crippen LogP contribution in [0, 0.1) is 6.92 Å². The van der Waals surface area contributed by atoms with Crippen molar-refractivity contribution in [1.82, 2.24) is 0 Å². The molecule has 1 aromatic rings. The highest BCUT2D eigenvalue weighted by atomic mass is 79.9. The monoisotopic (exact) mass is 259 g/mol. The molecule has 14 heavy (non-hydrogen) atoms. The molecule has 0 unspecified atom stereocenters. The molecule has 0 aromatic heterocycles. The standard InChI is InChI=1S/C9H10BrNO3/c1-4-3-5(14-2)8(11)6(7(4)10)9(12)13/h3H,11H2,1-2H3,(H,12,13). The number of carboxylic acids is 1. The number of benzene rings is 1. The van der Waals surface area contributed by atoms with Gasteiger partial charge in [0.25, 0.3) is 0 Å². The molecule has 0 saturated heterocycles. The molecular weight excluding hydrogens is 250 g/mol. The van der Waals surface area contributed by atoms with Crippen LogP contribution < -0.4 is 10.5 Å². The minimum Gasteiger partial charge on any atom is -0.495 e. The van der Waals surface area contributed by atoms with E-state index in [9.17, 15) is 4.79 Å². The van der Waals surface area contributed by atoms with E-state index >= 15 is 0 Å². The summed E-state index contributed by atoms with van der Waals surface area (Å²) in [4.78, 5) is 10.9. The van der Waals surface area contributed by atoms with Crippen molar-refractivity contribution in [2.45, 2.75) is 6.92 Å². The van der Waals surface area contributed by atoms with Gasteiger partial charge in [-0.15, -0.1) is 0 Å².